The molecule has 0 aliphatic rings. The van der Waals surface area contributed by atoms with Crippen LogP contribution in [0.25, 0.3) is 0 Å². The third-order valence-electron chi connectivity index (χ3n) is 2.15. The molecule has 2 rings (SSSR count). The maximum absolute atomic E-state index is 5.54. The van der Waals surface area contributed by atoms with Crippen LogP contribution in [0.1, 0.15) is 17.1 Å². The van der Waals surface area contributed by atoms with Crippen LogP contribution in [-0.4, -0.2) is 10.1 Å². The Hall–Kier alpha value is -1.88. The van der Waals surface area contributed by atoms with E-state index in [9.17, 15) is 0 Å². The molecule has 0 unspecified atom stereocenters. The Labute approximate surface area is 93.2 Å². The Balaban J connectivity index is 1.99. The number of aryl methyl sites for hydroxylation is 1. The van der Waals surface area contributed by atoms with Crippen LogP contribution in [0.3, 0.4) is 0 Å². The van der Waals surface area contributed by atoms with Crippen molar-refractivity contribution in [2.24, 2.45) is 5.73 Å². The summed E-state index contributed by atoms with van der Waals surface area (Å²) >= 11 is 0. The molecule has 0 amide bonds. The number of nitrogens with two attached hydrogens (primary N) is 1. The lowest BCUT2D eigenvalue weighted by Gasteiger charge is -2.05. The molecule has 5 heteroatoms. The van der Waals surface area contributed by atoms with Crippen molar-refractivity contribution in [2.45, 2.75) is 20.1 Å². The van der Waals surface area contributed by atoms with Crippen molar-refractivity contribution in [2.75, 3.05) is 0 Å². The normalized spacial score (nSPS) is 10.4. The molecule has 2 N–H and O–H groups in total. The third kappa shape index (κ3) is 2.38. The van der Waals surface area contributed by atoms with Crippen molar-refractivity contribution in [1.82, 2.24) is 10.1 Å². The minimum Gasteiger partial charge on any atom is -0.484 e. The molecule has 0 aromatic carbocycles. The SMILES string of the molecule is Cc1ncccc1OCc1cc(CN)no1. The van der Waals surface area contributed by atoms with Crippen molar-refractivity contribution in [3.8, 4) is 5.75 Å². The van der Waals surface area contributed by atoms with Crippen LogP contribution in [0, 0.1) is 6.92 Å². The molecular weight excluding hydrogens is 206 g/mol. The summed E-state index contributed by atoms with van der Waals surface area (Å²) in [6, 6.07) is 5.47. The molecule has 0 bridgehead atoms. The molecule has 2 heterocycles. The molecular formula is C11H13N3O2. The van der Waals surface area contributed by atoms with Gasteiger partial charge < -0.3 is 15.0 Å². The molecule has 0 fully saturated rings. The quantitative estimate of drug-likeness (QED) is 0.841. The minimum absolute atomic E-state index is 0.333. The van der Waals surface area contributed by atoms with Crippen LogP contribution in [0.4, 0.5) is 0 Å². The van der Waals surface area contributed by atoms with Crippen molar-refractivity contribution < 1.29 is 9.26 Å². The lowest BCUT2D eigenvalue weighted by molar-refractivity contribution is 0.246. The fraction of sp³-hybridized carbons (Fsp3) is 0.273. The average molecular weight is 219 g/mol. The molecule has 0 atom stereocenters. The first kappa shape index (κ1) is 10.6. The number of pyridine rings is 1. The van der Waals surface area contributed by atoms with Gasteiger partial charge >= 0.3 is 0 Å². The highest BCUT2D eigenvalue weighted by Gasteiger charge is 2.05. The molecule has 16 heavy (non-hydrogen) atoms. The molecule has 2 aromatic heterocycles. The van der Waals surface area contributed by atoms with Crippen LogP contribution in [-0.2, 0) is 13.2 Å². The molecule has 5 nitrogen and oxygen atoms in total. The Kier molecular flexibility index (Phi) is 3.16. The van der Waals surface area contributed by atoms with E-state index in [2.05, 4.69) is 10.1 Å². The van der Waals surface area contributed by atoms with E-state index < -0.39 is 0 Å². The molecule has 0 spiro atoms. The van der Waals surface area contributed by atoms with Gasteiger partial charge in [0.2, 0.25) is 0 Å². The third-order valence-corrected chi connectivity index (χ3v) is 2.15. The number of rotatable bonds is 4. The second-order valence-corrected chi connectivity index (χ2v) is 3.36. The van der Waals surface area contributed by atoms with E-state index in [0.717, 1.165) is 17.1 Å². The van der Waals surface area contributed by atoms with E-state index >= 15 is 0 Å². The van der Waals surface area contributed by atoms with Crippen LogP contribution in [0.5, 0.6) is 5.75 Å². The molecule has 2 aromatic rings. The van der Waals surface area contributed by atoms with Crippen molar-refractivity contribution in [3.63, 3.8) is 0 Å². The van der Waals surface area contributed by atoms with Crippen LogP contribution >= 0.6 is 0 Å². The maximum Gasteiger partial charge on any atom is 0.174 e. The molecule has 0 radical (unpaired) electrons. The summed E-state index contributed by atoms with van der Waals surface area (Å²) in [6.45, 7) is 2.59. The first-order valence-electron chi connectivity index (χ1n) is 4.98. The number of hydrogen-bond acceptors (Lipinski definition) is 5. The molecule has 0 saturated heterocycles. The molecule has 0 aliphatic carbocycles. The first-order chi connectivity index (χ1) is 7.79. The summed E-state index contributed by atoms with van der Waals surface area (Å²) in [5.74, 6) is 1.40. The van der Waals surface area contributed by atoms with Gasteiger partial charge in [-0.1, -0.05) is 5.16 Å². The maximum atomic E-state index is 5.54. The Morgan fingerprint density at radius 3 is 3.06 bits per heavy atom. The zero-order valence-corrected chi connectivity index (χ0v) is 9.01. The van der Waals surface area contributed by atoms with E-state index in [-0.39, 0.29) is 0 Å². The lowest BCUT2D eigenvalue weighted by atomic mass is 10.3. The second-order valence-electron chi connectivity index (χ2n) is 3.36. The zero-order chi connectivity index (χ0) is 11.4. The van der Waals surface area contributed by atoms with Crippen molar-refractivity contribution >= 4 is 0 Å². The smallest absolute Gasteiger partial charge is 0.174 e. The van der Waals surface area contributed by atoms with Gasteiger partial charge in [-0.15, -0.1) is 0 Å². The van der Waals surface area contributed by atoms with Gasteiger partial charge in [-0.25, -0.2) is 0 Å². The molecule has 0 aliphatic heterocycles. The van der Waals surface area contributed by atoms with Gasteiger partial charge in [-0.3, -0.25) is 4.98 Å². The van der Waals surface area contributed by atoms with Gasteiger partial charge in [0.05, 0.1) is 11.4 Å². The highest BCUT2D eigenvalue weighted by molar-refractivity contribution is 5.25. The zero-order valence-electron chi connectivity index (χ0n) is 9.01. The van der Waals surface area contributed by atoms with Crippen molar-refractivity contribution in [1.29, 1.82) is 0 Å². The van der Waals surface area contributed by atoms with Crippen molar-refractivity contribution in [3.05, 3.63) is 41.5 Å². The number of nitrogens with zero attached hydrogens (tertiary/aromatic N) is 2. The highest BCUT2D eigenvalue weighted by atomic mass is 16.5. The monoisotopic (exact) mass is 219 g/mol. The number of aromatic nitrogens is 2. The Morgan fingerprint density at radius 1 is 1.50 bits per heavy atom. The van der Waals surface area contributed by atoms with E-state index in [1.165, 1.54) is 0 Å². The average Bonchev–Trinajstić information content (AvgIpc) is 2.76. The summed E-state index contributed by atoms with van der Waals surface area (Å²) in [5, 5.41) is 3.77. The van der Waals surface area contributed by atoms with Gasteiger partial charge in [0.25, 0.3) is 0 Å². The van der Waals surface area contributed by atoms with E-state index in [1.54, 1.807) is 12.3 Å². The molecule has 0 saturated carbocycles. The van der Waals surface area contributed by atoms with Crippen LogP contribution in [0.2, 0.25) is 0 Å². The number of ether oxygens (including phenoxy) is 1. The summed E-state index contributed by atoms with van der Waals surface area (Å²) in [5.41, 5.74) is 6.99. The number of hydrogen-bond donors (Lipinski definition) is 1. The summed E-state index contributed by atoms with van der Waals surface area (Å²) in [7, 11) is 0. The van der Waals surface area contributed by atoms with Gasteiger partial charge in [0.1, 0.15) is 12.4 Å². The highest BCUT2D eigenvalue weighted by Crippen LogP contribution is 2.15. The van der Waals surface area contributed by atoms with E-state index in [1.807, 2.05) is 19.1 Å². The standard InChI is InChI=1S/C11H13N3O2/c1-8-11(3-2-4-13-8)15-7-10-5-9(6-12)14-16-10/h2-5H,6-7,12H2,1H3. The minimum atomic E-state index is 0.333. The Bertz CT molecular complexity index is 468. The van der Waals surface area contributed by atoms with Crippen LogP contribution < -0.4 is 10.5 Å². The lowest BCUT2D eigenvalue weighted by Crippen LogP contribution is -1.97. The summed E-state index contributed by atoms with van der Waals surface area (Å²) < 4.78 is 10.6. The fourth-order valence-electron chi connectivity index (χ4n) is 1.29. The first-order valence-corrected chi connectivity index (χ1v) is 4.98. The predicted octanol–water partition coefficient (Wildman–Crippen LogP) is 1.42. The predicted molar refractivity (Wildman–Crippen MR) is 57.7 cm³/mol. The Morgan fingerprint density at radius 2 is 2.38 bits per heavy atom. The topological polar surface area (TPSA) is 74.2 Å². The van der Waals surface area contributed by atoms with Gasteiger partial charge in [0, 0.05) is 18.8 Å². The van der Waals surface area contributed by atoms with Gasteiger partial charge in [0.15, 0.2) is 5.76 Å². The molecule has 84 valence electrons. The fourth-order valence-corrected chi connectivity index (χ4v) is 1.29. The summed E-state index contributed by atoms with van der Waals surface area (Å²) in [6.07, 6.45) is 1.73. The van der Waals surface area contributed by atoms with Gasteiger partial charge in [-0.05, 0) is 19.1 Å². The van der Waals surface area contributed by atoms with Gasteiger partial charge in [-0.2, -0.15) is 0 Å². The van der Waals surface area contributed by atoms with E-state index in [0.29, 0.717) is 18.9 Å². The second kappa shape index (κ2) is 4.76. The largest absolute Gasteiger partial charge is 0.484 e. The van der Waals surface area contributed by atoms with Crippen LogP contribution in [0.15, 0.2) is 28.9 Å². The summed E-state index contributed by atoms with van der Waals surface area (Å²) in [4.78, 5) is 4.12. The van der Waals surface area contributed by atoms with E-state index in [4.69, 9.17) is 15.0 Å².